The molecule has 0 aromatic heterocycles. The molecule has 1 aliphatic heterocycles. The summed E-state index contributed by atoms with van der Waals surface area (Å²) in [4.78, 5) is 63.4. The Kier molecular flexibility index (Phi) is 13.0. The summed E-state index contributed by atoms with van der Waals surface area (Å²) in [5.74, 6) is -3.39. The minimum absolute atomic E-state index is 0.126. The van der Waals surface area contributed by atoms with Crippen LogP contribution < -0.4 is 5.32 Å². The third-order valence-corrected chi connectivity index (χ3v) is 8.00. The molecule has 0 spiro atoms. The molecule has 1 aromatic rings. The Hall–Kier alpha value is -2.87. The number of carbonyl (C=O) groups is 4. The fourth-order valence-electron chi connectivity index (χ4n) is 4.32. The highest BCUT2D eigenvalue weighted by Gasteiger charge is 2.26. The average Bonchev–Trinajstić information content (AvgIpc) is 2.84. The SMILES string of the molecule is CNC(=O)c1ccc(CP(=O)(O)CN2CCN(CC(=O)O)CCN(CC(=O)O)CCN(CC(=O)O)CC2)cc1. The van der Waals surface area contributed by atoms with Gasteiger partial charge in [0.05, 0.1) is 32.1 Å². The maximum Gasteiger partial charge on any atom is 0.317 e. The first kappa shape index (κ1) is 32.3. The zero-order valence-corrected chi connectivity index (χ0v) is 23.0. The van der Waals surface area contributed by atoms with Crippen molar-refractivity contribution in [1.29, 1.82) is 0 Å². The van der Waals surface area contributed by atoms with Gasteiger partial charge in [0, 0.05) is 65.0 Å². The van der Waals surface area contributed by atoms with Gasteiger partial charge in [0.2, 0.25) is 7.37 Å². The van der Waals surface area contributed by atoms with Crippen molar-refractivity contribution in [1.82, 2.24) is 24.9 Å². The van der Waals surface area contributed by atoms with Crippen LogP contribution in [0.5, 0.6) is 0 Å². The minimum Gasteiger partial charge on any atom is -0.480 e. The summed E-state index contributed by atoms with van der Waals surface area (Å²) < 4.78 is 13.2. The first-order valence-corrected chi connectivity index (χ1v) is 14.6. The second-order valence-electron chi connectivity index (χ2n) is 9.55. The number of rotatable bonds is 11. The monoisotopic (exact) mass is 571 g/mol. The lowest BCUT2D eigenvalue weighted by molar-refractivity contribution is -0.140. The normalized spacial score (nSPS) is 18.8. The van der Waals surface area contributed by atoms with Crippen molar-refractivity contribution >= 4 is 31.2 Å². The van der Waals surface area contributed by atoms with Gasteiger partial charge in [-0.15, -0.1) is 0 Å². The summed E-state index contributed by atoms with van der Waals surface area (Å²) in [5.41, 5.74) is 1.01. The van der Waals surface area contributed by atoms with Gasteiger partial charge in [-0.3, -0.25) is 43.3 Å². The maximum absolute atomic E-state index is 13.2. The molecule has 0 bridgehead atoms. The molecule has 0 radical (unpaired) electrons. The first-order valence-electron chi connectivity index (χ1n) is 12.5. The summed E-state index contributed by atoms with van der Waals surface area (Å²) in [6.07, 6.45) is -0.309. The quantitative estimate of drug-likeness (QED) is 0.209. The van der Waals surface area contributed by atoms with Crippen molar-refractivity contribution < 1.29 is 44.0 Å². The predicted octanol–water partition coefficient (Wildman–Crippen LogP) is -0.750. The van der Waals surface area contributed by atoms with Gasteiger partial charge in [0.1, 0.15) is 0 Å². The Labute approximate surface area is 227 Å². The number of carboxylic acids is 3. The van der Waals surface area contributed by atoms with Gasteiger partial charge in [-0.2, -0.15) is 0 Å². The third kappa shape index (κ3) is 12.7. The lowest BCUT2D eigenvalue weighted by Crippen LogP contribution is -2.48. The molecule has 1 amide bonds. The topological polar surface area (TPSA) is 191 Å². The van der Waals surface area contributed by atoms with Gasteiger partial charge in [0.25, 0.3) is 5.91 Å². The lowest BCUT2D eigenvalue weighted by Gasteiger charge is -2.33. The summed E-state index contributed by atoms with van der Waals surface area (Å²) in [6.45, 7) is 1.30. The summed E-state index contributed by atoms with van der Waals surface area (Å²) >= 11 is 0. The van der Waals surface area contributed by atoms with Crippen LogP contribution in [0.3, 0.4) is 0 Å². The van der Waals surface area contributed by atoms with Gasteiger partial charge in [-0.05, 0) is 17.7 Å². The standard InChI is InChI=1S/C24H38N5O9P/c1-25-24(36)20-4-2-19(3-5-20)17-39(37,38)18-29-12-10-27(15-22(32)33)8-6-26(14-21(30)31)7-9-28(11-13-29)16-23(34)35/h2-5H,6-18H2,1H3,(H,25,36)(H,30,31)(H,32,33)(H,34,35)(H,37,38). The molecule has 14 nitrogen and oxygen atoms in total. The number of hydrogen-bond acceptors (Lipinski definition) is 9. The van der Waals surface area contributed by atoms with E-state index in [2.05, 4.69) is 5.32 Å². The molecule has 218 valence electrons. The fraction of sp³-hybridized carbons (Fsp3) is 0.583. The second-order valence-corrected chi connectivity index (χ2v) is 11.8. The van der Waals surface area contributed by atoms with Crippen LogP contribution in [-0.4, -0.2) is 149 Å². The first-order chi connectivity index (χ1) is 18.4. The smallest absolute Gasteiger partial charge is 0.317 e. The van der Waals surface area contributed by atoms with E-state index in [1.54, 1.807) is 43.9 Å². The molecule has 1 fully saturated rings. The molecular formula is C24H38N5O9P. The van der Waals surface area contributed by atoms with E-state index in [0.29, 0.717) is 11.1 Å². The van der Waals surface area contributed by atoms with Crippen LogP contribution in [-0.2, 0) is 25.1 Å². The Morgan fingerprint density at radius 1 is 0.718 bits per heavy atom. The van der Waals surface area contributed by atoms with Crippen LogP contribution in [0.25, 0.3) is 0 Å². The Balaban J connectivity index is 2.17. The number of nitrogens with zero attached hydrogens (tertiary/aromatic N) is 4. The van der Waals surface area contributed by atoms with Gasteiger partial charge in [-0.25, -0.2) is 0 Å². The molecule has 1 saturated heterocycles. The van der Waals surface area contributed by atoms with E-state index >= 15 is 0 Å². The van der Waals surface area contributed by atoms with E-state index < -0.39 is 25.3 Å². The molecule has 0 aliphatic carbocycles. The maximum atomic E-state index is 13.2. The highest BCUT2D eigenvalue weighted by molar-refractivity contribution is 7.57. The van der Waals surface area contributed by atoms with Crippen molar-refractivity contribution in [3.8, 4) is 0 Å². The number of carboxylic acid groups (broad SMARTS) is 3. The number of carbonyl (C=O) groups excluding carboxylic acids is 1. The van der Waals surface area contributed by atoms with E-state index in [4.69, 9.17) is 0 Å². The van der Waals surface area contributed by atoms with E-state index in [0.717, 1.165) is 0 Å². The van der Waals surface area contributed by atoms with Crippen LogP contribution in [0.2, 0.25) is 0 Å². The molecule has 1 aliphatic rings. The van der Waals surface area contributed by atoms with Gasteiger partial charge in [0.15, 0.2) is 0 Å². The largest absolute Gasteiger partial charge is 0.480 e. The highest BCUT2D eigenvalue weighted by Crippen LogP contribution is 2.45. The van der Waals surface area contributed by atoms with Crippen molar-refractivity contribution in [2.45, 2.75) is 6.16 Å². The van der Waals surface area contributed by atoms with Crippen LogP contribution in [0, 0.1) is 0 Å². The van der Waals surface area contributed by atoms with Crippen molar-refractivity contribution in [2.24, 2.45) is 0 Å². The summed E-state index contributed by atoms with van der Waals surface area (Å²) in [5, 5.41) is 30.4. The molecule has 1 atom stereocenters. The van der Waals surface area contributed by atoms with Crippen molar-refractivity contribution in [2.75, 3.05) is 85.3 Å². The Bertz CT molecular complexity index is 1010. The van der Waals surface area contributed by atoms with E-state index in [1.165, 1.54) is 7.05 Å². The van der Waals surface area contributed by atoms with Gasteiger partial charge >= 0.3 is 17.9 Å². The Morgan fingerprint density at radius 3 is 1.41 bits per heavy atom. The van der Waals surface area contributed by atoms with Gasteiger partial charge in [-0.1, -0.05) is 12.1 Å². The third-order valence-electron chi connectivity index (χ3n) is 6.30. The van der Waals surface area contributed by atoms with Crippen LogP contribution >= 0.6 is 7.37 Å². The Morgan fingerprint density at radius 2 is 1.08 bits per heavy atom. The lowest BCUT2D eigenvalue weighted by atomic mass is 10.1. The van der Waals surface area contributed by atoms with Gasteiger partial charge < -0.3 is 25.5 Å². The number of hydrogen-bond donors (Lipinski definition) is 5. The van der Waals surface area contributed by atoms with Crippen LogP contribution in [0.1, 0.15) is 15.9 Å². The minimum atomic E-state index is -3.74. The van der Waals surface area contributed by atoms with Crippen molar-refractivity contribution in [3.05, 3.63) is 35.4 Å². The fourth-order valence-corrected chi connectivity index (χ4v) is 6.11. The molecule has 15 heteroatoms. The van der Waals surface area contributed by atoms with Crippen LogP contribution in [0.4, 0.5) is 0 Å². The molecule has 39 heavy (non-hydrogen) atoms. The summed E-state index contributed by atoms with van der Waals surface area (Å²) in [6, 6.07) is 6.39. The van der Waals surface area contributed by atoms with Crippen LogP contribution in [0.15, 0.2) is 24.3 Å². The predicted molar refractivity (Wildman–Crippen MR) is 142 cm³/mol. The number of amides is 1. The molecule has 1 aromatic carbocycles. The zero-order valence-electron chi connectivity index (χ0n) is 22.1. The molecule has 1 heterocycles. The molecule has 2 rings (SSSR count). The molecule has 0 saturated carbocycles. The second kappa shape index (κ2) is 15.7. The number of benzene rings is 1. The van der Waals surface area contributed by atoms with E-state index in [1.807, 2.05) is 0 Å². The van der Waals surface area contributed by atoms with Crippen molar-refractivity contribution in [3.63, 3.8) is 0 Å². The number of nitrogens with one attached hydrogen (secondary N) is 1. The molecule has 1 unspecified atom stereocenters. The molecule has 5 N–H and O–H groups in total. The summed E-state index contributed by atoms with van der Waals surface area (Å²) in [7, 11) is -2.23. The van der Waals surface area contributed by atoms with E-state index in [9.17, 15) is 44.0 Å². The van der Waals surface area contributed by atoms with E-state index in [-0.39, 0.29) is 90.3 Å². The number of aliphatic carboxylic acids is 3. The molecular weight excluding hydrogens is 533 g/mol. The zero-order chi connectivity index (χ0) is 29.0. The highest BCUT2D eigenvalue weighted by atomic mass is 31.2. The average molecular weight is 572 g/mol.